The smallest absolute Gasteiger partial charge is 0.0847 e. The molecule has 0 N–H and O–H groups in total. The highest BCUT2D eigenvalue weighted by Crippen LogP contribution is 2.31. The Morgan fingerprint density at radius 2 is 2.00 bits per heavy atom. The van der Waals surface area contributed by atoms with Gasteiger partial charge in [-0.25, -0.2) is 0 Å². The number of ether oxygens (including phenoxy) is 1. The highest BCUT2D eigenvalue weighted by Gasteiger charge is 2.23. The van der Waals surface area contributed by atoms with Gasteiger partial charge in [-0.3, -0.25) is 0 Å². The third kappa shape index (κ3) is 2.28. The molecule has 2 unspecified atom stereocenters. The van der Waals surface area contributed by atoms with Crippen LogP contribution < -0.4 is 0 Å². The molecule has 1 aliphatic heterocycles. The van der Waals surface area contributed by atoms with Gasteiger partial charge in [0.25, 0.3) is 0 Å². The van der Waals surface area contributed by atoms with Crippen molar-refractivity contribution in [2.45, 2.75) is 30.7 Å². The van der Waals surface area contributed by atoms with Crippen molar-refractivity contribution in [3.8, 4) is 0 Å². The summed E-state index contributed by atoms with van der Waals surface area (Å²) in [5.74, 6) is 0. The summed E-state index contributed by atoms with van der Waals surface area (Å²) in [6, 6.07) is 10.2. The average Bonchev–Trinajstić information content (AvgIpc) is 2.30. The maximum Gasteiger partial charge on any atom is 0.0847 e. The third-order valence-corrected chi connectivity index (χ3v) is 3.19. The quantitative estimate of drug-likeness (QED) is 0.679. The lowest BCUT2D eigenvalue weighted by molar-refractivity contribution is 0.0136. The van der Waals surface area contributed by atoms with Gasteiger partial charge in [0.1, 0.15) is 0 Å². The molecule has 0 saturated carbocycles. The van der Waals surface area contributed by atoms with Gasteiger partial charge in [-0.05, 0) is 24.8 Å². The molecule has 1 heterocycles. The molecule has 0 aliphatic carbocycles. The van der Waals surface area contributed by atoms with E-state index in [1.54, 1.807) is 0 Å². The van der Waals surface area contributed by atoms with E-state index in [0.29, 0.717) is 0 Å². The third-order valence-electron chi connectivity index (χ3n) is 2.66. The molecule has 1 fully saturated rings. The Balaban J connectivity index is 2.03. The average molecular weight is 211 g/mol. The number of hydrogen-bond donors (Lipinski definition) is 0. The minimum absolute atomic E-state index is 0.0106. The van der Waals surface area contributed by atoms with Crippen LogP contribution in [0.4, 0.5) is 0 Å². The first kappa shape index (κ1) is 10.0. The molecule has 1 aliphatic rings. The van der Waals surface area contributed by atoms with Crippen molar-refractivity contribution in [1.82, 2.24) is 0 Å². The van der Waals surface area contributed by atoms with Crippen LogP contribution in [-0.4, -0.2) is 12.7 Å². The molecule has 2 atom stereocenters. The van der Waals surface area contributed by atoms with E-state index < -0.39 is 0 Å². The van der Waals surface area contributed by atoms with Crippen LogP contribution in [0.1, 0.15) is 30.2 Å². The number of alkyl halides is 1. The number of rotatable bonds is 2. The van der Waals surface area contributed by atoms with E-state index in [4.69, 9.17) is 16.3 Å². The van der Waals surface area contributed by atoms with Crippen molar-refractivity contribution in [3.63, 3.8) is 0 Å². The van der Waals surface area contributed by atoms with Gasteiger partial charge in [-0.1, -0.05) is 30.3 Å². The zero-order valence-corrected chi connectivity index (χ0v) is 8.91. The number of halogens is 1. The summed E-state index contributed by atoms with van der Waals surface area (Å²) in [6.45, 7) is 0.862. The monoisotopic (exact) mass is 210 g/mol. The Morgan fingerprint density at radius 1 is 1.21 bits per heavy atom. The molecular formula is C12H15ClO. The zero-order valence-electron chi connectivity index (χ0n) is 8.16. The first-order chi connectivity index (χ1) is 6.88. The Morgan fingerprint density at radius 3 is 2.64 bits per heavy atom. The minimum Gasteiger partial charge on any atom is -0.376 e. The molecule has 2 rings (SSSR count). The zero-order chi connectivity index (χ0) is 9.80. The van der Waals surface area contributed by atoms with Gasteiger partial charge >= 0.3 is 0 Å². The van der Waals surface area contributed by atoms with Crippen molar-refractivity contribution in [3.05, 3.63) is 35.9 Å². The van der Waals surface area contributed by atoms with Crippen molar-refractivity contribution in [2.75, 3.05) is 6.61 Å². The van der Waals surface area contributed by atoms with Crippen LogP contribution in [0.15, 0.2) is 30.3 Å². The highest BCUT2D eigenvalue weighted by atomic mass is 35.5. The van der Waals surface area contributed by atoms with E-state index in [9.17, 15) is 0 Å². The fraction of sp³-hybridized carbons (Fsp3) is 0.500. The van der Waals surface area contributed by atoms with E-state index in [-0.39, 0.29) is 11.5 Å². The molecule has 76 valence electrons. The predicted molar refractivity (Wildman–Crippen MR) is 58.6 cm³/mol. The molecule has 1 saturated heterocycles. The van der Waals surface area contributed by atoms with Gasteiger partial charge in [0.05, 0.1) is 11.5 Å². The summed E-state index contributed by atoms with van der Waals surface area (Å²) in [5, 5.41) is 0.0106. The molecule has 0 bridgehead atoms. The van der Waals surface area contributed by atoms with Gasteiger partial charge in [0, 0.05) is 6.61 Å². The first-order valence-electron chi connectivity index (χ1n) is 5.18. The fourth-order valence-corrected chi connectivity index (χ4v) is 2.19. The van der Waals surface area contributed by atoms with Crippen LogP contribution in [-0.2, 0) is 4.74 Å². The van der Waals surface area contributed by atoms with Gasteiger partial charge in [-0.15, -0.1) is 11.6 Å². The van der Waals surface area contributed by atoms with Crippen LogP contribution in [0.2, 0.25) is 0 Å². The van der Waals surface area contributed by atoms with E-state index >= 15 is 0 Å². The molecule has 1 aromatic carbocycles. The number of hydrogen-bond acceptors (Lipinski definition) is 1. The number of benzene rings is 1. The SMILES string of the molecule is ClC(c1ccccc1)C1CCCCO1. The lowest BCUT2D eigenvalue weighted by Crippen LogP contribution is -2.23. The fourth-order valence-electron chi connectivity index (χ4n) is 1.85. The van der Waals surface area contributed by atoms with Crippen molar-refractivity contribution in [2.24, 2.45) is 0 Å². The molecule has 2 heteroatoms. The highest BCUT2D eigenvalue weighted by molar-refractivity contribution is 6.21. The van der Waals surface area contributed by atoms with Gasteiger partial charge in [0.15, 0.2) is 0 Å². The topological polar surface area (TPSA) is 9.23 Å². The molecule has 0 radical (unpaired) electrons. The van der Waals surface area contributed by atoms with E-state index in [1.165, 1.54) is 18.4 Å². The van der Waals surface area contributed by atoms with Crippen LogP contribution in [0.25, 0.3) is 0 Å². The van der Waals surface area contributed by atoms with Crippen molar-refractivity contribution < 1.29 is 4.74 Å². The van der Waals surface area contributed by atoms with Crippen LogP contribution in [0.5, 0.6) is 0 Å². The van der Waals surface area contributed by atoms with Crippen LogP contribution >= 0.6 is 11.6 Å². The van der Waals surface area contributed by atoms with Gasteiger partial charge in [0.2, 0.25) is 0 Å². The molecule has 1 aromatic rings. The second-order valence-electron chi connectivity index (χ2n) is 3.72. The van der Waals surface area contributed by atoms with Crippen molar-refractivity contribution in [1.29, 1.82) is 0 Å². The van der Waals surface area contributed by atoms with Crippen LogP contribution in [0.3, 0.4) is 0 Å². The molecule has 0 amide bonds. The van der Waals surface area contributed by atoms with Gasteiger partial charge in [-0.2, -0.15) is 0 Å². The maximum absolute atomic E-state index is 6.36. The van der Waals surface area contributed by atoms with E-state index in [1.807, 2.05) is 18.2 Å². The second kappa shape index (κ2) is 4.81. The molecule has 0 aromatic heterocycles. The normalized spacial score (nSPS) is 24.5. The Hall–Kier alpha value is -0.530. The lowest BCUT2D eigenvalue weighted by Gasteiger charge is -2.26. The lowest BCUT2D eigenvalue weighted by atomic mass is 10.0. The van der Waals surface area contributed by atoms with Gasteiger partial charge < -0.3 is 4.74 Å². The summed E-state index contributed by atoms with van der Waals surface area (Å²) in [6.07, 6.45) is 3.70. The molecular weight excluding hydrogens is 196 g/mol. The second-order valence-corrected chi connectivity index (χ2v) is 4.19. The summed E-state index contributed by atoms with van der Waals surface area (Å²) in [7, 11) is 0. The first-order valence-corrected chi connectivity index (χ1v) is 5.62. The summed E-state index contributed by atoms with van der Waals surface area (Å²) in [4.78, 5) is 0. The van der Waals surface area contributed by atoms with E-state index in [2.05, 4.69) is 12.1 Å². The van der Waals surface area contributed by atoms with Crippen LogP contribution in [0, 0.1) is 0 Å². The molecule has 1 nitrogen and oxygen atoms in total. The van der Waals surface area contributed by atoms with Crippen molar-refractivity contribution >= 4 is 11.6 Å². The Bertz CT molecular complexity index is 267. The largest absolute Gasteiger partial charge is 0.376 e. The standard InChI is InChI=1S/C12H15ClO/c13-12(10-6-2-1-3-7-10)11-8-4-5-9-14-11/h1-3,6-7,11-12H,4-5,8-9H2. The summed E-state index contributed by atoms with van der Waals surface area (Å²) in [5.41, 5.74) is 1.17. The minimum atomic E-state index is 0.0106. The molecule has 14 heavy (non-hydrogen) atoms. The Labute approximate surface area is 90.0 Å². The predicted octanol–water partition coefficient (Wildman–Crippen LogP) is 3.54. The Kier molecular flexibility index (Phi) is 3.44. The maximum atomic E-state index is 6.36. The molecule has 0 spiro atoms. The summed E-state index contributed by atoms with van der Waals surface area (Å²) >= 11 is 6.36. The van der Waals surface area contributed by atoms with E-state index in [0.717, 1.165) is 13.0 Å². The summed E-state index contributed by atoms with van der Waals surface area (Å²) < 4.78 is 5.66.